The Morgan fingerprint density at radius 2 is 0.628 bits per heavy atom. The number of aryl methyl sites for hydroxylation is 3. The van der Waals surface area contributed by atoms with Crippen molar-refractivity contribution in [1.29, 1.82) is 0 Å². The number of benzene rings is 14. The van der Waals surface area contributed by atoms with Crippen molar-refractivity contribution in [3.63, 3.8) is 0 Å². The summed E-state index contributed by atoms with van der Waals surface area (Å²) in [5.74, 6) is 5.49. The topological polar surface area (TPSA) is 18.5 Å². The van der Waals surface area contributed by atoms with Gasteiger partial charge in [0.05, 0.1) is 0 Å². The molecule has 0 aromatic heterocycles. The Morgan fingerprint density at radius 3 is 0.983 bits per heavy atom. The lowest BCUT2D eigenvalue weighted by Crippen LogP contribution is -2.25. The number of hydrogen-bond acceptors (Lipinski definition) is 2. The van der Waals surface area contributed by atoms with Crippen LogP contribution in [0.25, 0.3) is 0 Å². The average Bonchev–Trinajstić information content (AvgIpc) is 1.52. The maximum absolute atomic E-state index is 5.22. The smallest absolute Gasteiger partial charge is 0.231 e. The molecule has 14 aromatic carbocycles. The van der Waals surface area contributed by atoms with Crippen LogP contribution in [0.5, 0.6) is 11.5 Å². The molecule has 1 heterocycles. The fourth-order valence-corrected chi connectivity index (χ4v) is 15.5. The number of hydrogen-bond donors (Lipinski definition) is 0. The molecule has 0 spiro atoms. The molecule has 3 aliphatic rings. The van der Waals surface area contributed by atoms with Gasteiger partial charge >= 0.3 is 0 Å². The van der Waals surface area contributed by atoms with Crippen LogP contribution in [0.4, 0.5) is 0 Å². The van der Waals surface area contributed by atoms with Gasteiger partial charge in [0.15, 0.2) is 11.5 Å². The van der Waals surface area contributed by atoms with E-state index in [0.717, 1.165) is 42.6 Å². The van der Waals surface area contributed by atoms with Gasteiger partial charge in [-0.25, -0.2) is 0 Å². The number of ether oxygens (including phenoxy) is 2. The Balaban J connectivity index is 0.000000689. The van der Waals surface area contributed by atoms with Crippen molar-refractivity contribution >= 4 is 0 Å². The van der Waals surface area contributed by atoms with Gasteiger partial charge in [-0.3, -0.25) is 0 Å². The lowest BCUT2D eigenvalue weighted by molar-refractivity contribution is 0.174. The molecule has 0 saturated heterocycles. The quantitative estimate of drug-likeness (QED) is 0.0898. The summed E-state index contributed by atoms with van der Waals surface area (Å²) in [6.45, 7) is 18.4. The highest BCUT2D eigenvalue weighted by molar-refractivity contribution is 5.50. The summed E-state index contributed by atoms with van der Waals surface area (Å²) in [6, 6.07) is 141. The van der Waals surface area contributed by atoms with E-state index in [1.54, 1.807) is 22.3 Å². The van der Waals surface area contributed by atoms with Gasteiger partial charge in [0.25, 0.3) is 0 Å². The first-order valence-corrected chi connectivity index (χ1v) is 41.1. The van der Waals surface area contributed by atoms with Gasteiger partial charge in [-0.2, -0.15) is 0 Å². The number of rotatable bonds is 16. The Bertz CT molecular complexity index is 4590. The normalized spacial score (nSPS) is 12.5. The van der Waals surface area contributed by atoms with E-state index in [-0.39, 0.29) is 72.3 Å². The zero-order valence-electron chi connectivity index (χ0n) is 67.7. The maximum Gasteiger partial charge on any atom is 0.231 e. The van der Waals surface area contributed by atoms with Crippen molar-refractivity contribution < 1.29 is 9.47 Å². The Kier molecular flexibility index (Phi) is 52.8. The van der Waals surface area contributed by atoms with Crippen LogP contribution in [0, 0.1) is 0 Å². The molecule has 0 saturated carbocycles. The van der Waals surface area contributed by atoms with Crippen LogP contribution in [0.15, 0.2) is 400 Å². The highest BCUT2D eigenvalue weighted by Crippen LogP contribution is 2.40. The summed E-state index contributed by atoms with van der Waals surface area (Å²) < 4.78 is 10.4. The Hall–Kier alpha value is -11.3. The van der Waals surface area contributed by atoms with E-state index in [1.165, 1.54) is 112 Å². The van der Waals surface area contributed by atoms with E-state index >= 15 is 0 Å². The van der Waals surface area contributed by atoms with Crippen LogP contribution in [0.3, 0.4) is 0 Å². The lowest BCUT2D eigenvalue weighted by Gasteiger charge is -2.31. The van der Waals surface area contributed by atoms with Crippen LogP contribution in [0.2, 0.25) is 0 Å². The molecule has 1 aliphatic heterocycles. The summed E-state index contributed by atoms with van der Waals surface area (Å²) in [6.07, 6.45) is 12.4. The van der Waals surface area contributed by atoms with Gasteiger partial charge in [-0.05, 0) is 184 Å². The third-order valence-electron chi connectivity index (χ3n) is 22.1. The molecule has 14 aromatic rings. The largest absolute Gasteiger partial charge is 0.454 e. The Labute approximate surface area is 739 Å². The molecule has 0 N–H and O–H groups in total. The molecule has 0 radical (unpaired) electrons. The van der Waals surface area contributed by atoms with Crippen molar-refractivity contribution in [2.75, 3.05) is 6.79 Å². The molecule has 17 rings (SSSR count). The molecule has 121 heavy (non-hydrogen) atoms. The lowest BCUT2D eigenvalue weighted by atomic mass is 9.71. The standard InChI is InChI=1S/C20H18.C16H18.2C15H16.C14H14.C11H14.C10H12.C9H10O2.9CH4/c1-20(17-11-5-2-6-12-17,18-13-7-3-8-14-18)19-15-9-4-10-16-19;1-2-9-16(14-10-5-3-6-11-14)15-12-7-4-8-13-15;1-13(15-10-6-3-7-11-15)12-14-8-4-2-5-9-14;1-2-15(13-9-5-3-6-10-13)14-11-7-4-8-12-14;1-12(13-8-4-2-5-9-13)14-10-6-3-7-11-14;1-9-5-4-7-10-6-2-3-8-11(9)10;1-8-6-7-9-4-2-3-5-10(8)9;1-2-7-3-4-8-9(5-7)11-6-10-8;;;;;;;;;/h2-16H,1H3;3-8,10-13,16H,2,9H2,1H3;2-11,13H,12H2,1H3;3-12,15H,2H2,1H3;2-12H,1H3;2-3,6,8-9H,4-5,7H2,1H3;2-5,8H,6-7H2,1H3;3-5H,2,6H2,1H3;9*1H4. The first-order valence-electron chi connectivity index (χ1n) is 41.1. The zero-order chi connectivity index (χ0) is 78.2. The molecule has 0 fully saturated rings. The minimum atomic E-state index is -0.121. The summed E-state index contributed by atoms with van der Waals surface area (Å²) in [5.41, 5.74) is 22.7. The van der Waals surface area contributed by atoms with E-state index < -0.39 is 0 Å². The molecule has 3 atom stereocenters. The van der Waals surface area contributed by atoms with E-state index in [9.17, 15) is 0 Å². The van der Waals surface area contributed by atoms with Crippen molar-refractivity contribution in [3.8, 4) is 11.5 Å². The first kappa shape index (κ1) is 108. The second-order valence-corrected chi connectivity index (χ2v) is 29.9. The summed E-state index contributed by atoms with van der Waals surface area (Å²) in [5, 5.41) is 0. The van der Waals surface area contributed by atoms with Gasteiger partial charge in [0.1, 0.15) is 0 Å². The molecular formula is C119H154O2. The van der Waals surface area contributed by atoms with E-state index in [1.807, 2.05) is 12.1 Å². The molecule has 642 valence electrons. The van der Waals surface area contributed by atoms with Gasteiger partial charge in [0.2, 0.25) is 6.79 Å². The summed E-state index contributed by atoms with van der Waals surface area (Å²) in [4.78, 5) is 0. The molecule has 0 amide bonds. The number of fused-ring (bicyclic) bond motifs is 3. The third kappa shape index (κ3) is 33.0. The van der Waals surface area contributed by atoms with E-state index in [2.05, 4.69) is 444 Å². The average molecular weight is 1620 g/mol. The molecule has 2 aliphatic carbocycles. The fraction of sp³-hybridized carbons (Fsp3) is 0.294. The predicted molar refractivity (Wildman–Crippen MR) is 538 cm³/mol. The van der Waals surface area contributed by atoms with E-state index in [4.69, 9.17) is 9.47 Å². The highest BCUT2D eigenvalue weighted by Gasteiger charge is 2.31. The van der Waals surface area contributed by atoms with Crippen molar-refractivity contribution in [3.05, 3.63) is 489 Å². The second kappa shape index (κ2) is 59.4. The molecule has 2 nitrogen and oxygen atoms in total. The van der Waals surface area contributed by atoms with Gasteiger partial charge in [-0.15, -0.1) is 0 Å². The third-order valence-corrected chi connectivity index (χ3v) is 22.1. The first-order chi connectivity index (χ1) is 55.0. The highest BCUT2D eigenvalue weighted by atomic mass is 16.7. The SMILES string of the molecule is C.C.C.C.C.C.C.C.C.CC(Cc1ccccc1)c1ccccc1.CC(c1ccccc1)(c1ccccc1)c1ccccc1.CC(c1ccccc1)c1ccccc1.CC1CCCc2ccccc21.CC1CCc2ccccc21.CCC(c1ccccc1)c1ccccc1.CCCC(c1ccccc1)c1ccccc1.CCc1ccc2c(c1)OCO2. The van der Waals surface area contributed by atoms with Crippen LogP contribution < -0.4 is 9.47 Å². The minimum Gasteiger partial charge on any atom is -0.454 e. The minimum absolute atomic E-state index is 0. The monoisotopic (exact) mass is 1620 g/mol. The predicted octanol–water partition coefficient (Wildman–Crippen LogP) is 35.3. The zero-order valence-corrected chi connectivity index (χ0v) is 67.7. The van der Waals surface area contributed by atoms with Crippen molar-refractivity contribution in [2.24, 2.45) is 0 Å². The van der Waals surface area contributed by atoms with Crippen molar-refractivity contribution in [1.82, 2.24) is 0 Å². The summed E-state index contributed by atoms with van der Waals surface area (Å²) in [7, 11) is 0. The van der Waals surface area contributed by atoms with Gasteiger partial charge in [0, 0.05) is 23.2 Å². The molecule has 2 heteroatoms. The van der Waals surface area contributed by atoms with E-state index in [0.29, 0.717) is 30.5 Å². The maximum atomic E-state index is 5.22. The van der Waals surface area contributed by atoms with Gasteiger partial charge < -0.3 is 9.47 Å². The second-order valence-electron chi connectivity index (χ2n) is 29.9. The van der Waals surface area contributed by atoms with Crippen LogP contribution in [-0.2, 0) is 31.1 Å². The molecule has 0 bridgehead atoms. The van der Waals surface area contributed by atoms with Crippen LogP contribution >= 0.6 is 0 Å². The fourth-order valence-electron chi connectivity index (χ4n) is 15.5. The summed E-state index contributed by atoms with van der Waals surface area (Å²) >= 11 is 0. The van der Waals surface area contributed by atoms with Crippen LogP contribution in [-0.4, -0.2) is 6.79 Å². The Morgan fingerprint density at radius 1 is 0.314 bits per heavy atom. The molecule has 3 unspecified atom stereocenters. The van der Waals surface area contributed by atoms with Gasteiger partial charge in [-0.1, -0.05) is 510 Å². The van der Waals surface area contributed by atoms with Crippen molar-refractivity contribution in [2.45, 2.75) is 227 Å². The molecular weight excluding hydrogens is 1460 g/mol. The van der Waals surface area contributed by atoms with Crippen LogP contribution in [0.1, 0.15) is 285 Å².